The molecule has 3 aromatic rings. The summed E-state index contributed by atoms with van der Waals surface area (Å²) in [4.78, 5) is 18.3. The largest absolute Gasteiger partial charge is 0.461 e. The van der Waals surface area contributed by atoms with Gasteiger partial charge in [-0.25, -0.2) is 0 Å². The topological polar surface area (TPSA) is 36.7 Å². The van der Waals surface area contributed by atoms with Crippen molar-refractivity contribution in [1.29, 1.82) is 0 Å². The van der Waals surface area contributed by atoms with Crippen LogP contribution in [0.2, 0.25) is 0 Å². The summed E-state index contributed by atoms with van der Waals surface area (Å²) >= 11 is 1.80. The number of amides is 1. The lowest BCUT2D eigenvalue weighted by Crippen LogP contribution is -2.48. The lowest BCUT2D eigenvalue weighted by atomic mass is 10.2. The number of piperazine rings is 1. The van der Waals surface area contributed by atoms with Crippen molar-refractivity contribution in [2.75, 3.05) is 26.2 Å². The first-order valence-electron chi connectivity index (χ1n) is 9.44. The third kappa shape index (κ3) is 4.67. The quantitative estimate of drug-likeness (QED) is 0.640. The number of furan rings is 1. The minimum absolute atomic E-state index is 0.225. The molecule has 5 heteroatoms. The van der Waals surface area contributed by atoms with Crippen molar-refractivity contribution in [1.82, 2.24) is 9.80 Å². The van der Waals surface area contributed by atoms with Gasteiger partial charge >= 0.3 is 0 Å². The van der Waals surface area contributed by atoms with E-state index in [9.17, 15) is 4.79 Å². The molecule has 0 bridgehead atoms. The molecule has 4 rings (SSSR count). The highest BCUT2D eigenvalue weighted by molar-refractivity contribution is 7.09. The Bertz CT molecular complexity index is 850. The summed E-state index contributed by atoms with van der Waals surface area (Å²) in [5.41, 5.74) is 1.07. The van der Waals surface area contributed by atoms with Crippen LogP contribution in [0.25, 0.3) is 11.3 Å². The Balaban J connectivity index is 1.24. The van der Waals surface area contributed by atoms with Crippen LogP contribution < -0.4 is 0 Å². The van der Waals surface area contributed by atoms with E-state index in [0.29, 0.717) is 12.8 Å². The third-order valence-electron chi connectivity index (χ3n) is 4.99. The second-order valence-electron chi connectivity index (χ2n) is 6.87. The van der Waals surface area contributed by atoms with E-state index in [2.05, 4.69) is 22.4 Å². The van der Waals surface area contributed by atoms with Crippen molar-refractivity contribution in [2.24, 2.45) is 0 Å². The fourth-order valence-electron chi connectivity index (χ4n) is 3.44. The SMILES string of the molecule is O=C(CCc1ccc(-c2ccccc2)o1)N1CCN(Cc2cccs2)CC1. The molecule has 0 spiro atoms. The first kappa shape index (κ1) is 18.0. The number of nitrogens with zero attached hydrogens (tertiary/aromatic N) is 2. The van der Waals surface area contributed by atoms with E-state index in [-0.39, 0.29) is 5.91 Å². The summed E-state index contributed by atoms with van der Waals surface area (Å²) in [5, 5.41) is 2.12. The lowest BCUT2D eigenvalue weighted by Gasteiger charge is -2.34. The molecular weight excluding hydrogens is 356 g/mol. The predicted molar refractivity (Wildman–Crippen MR) is 109 cm³/mol. The van der Waals surface area contributed by atoms with Crippen molar-refractivity contribution in [2.45, 2.75) is 19.4 Å². The Kier molecular flexibility index (Phi) is 5.70. The number of hydrogen-bond donors (Lipinski definition) is 0. The summed E-state index contributed by atoms with van der Waals surface area (Å²) in [5.74, 6) is 1.96. The Morgan fingerprint density at radius 3 is 2.52 bits per heavy atom. The lowest BCUT2D eigenvalue weighted by molar-refractivity contribution is -0.133. The number of hydrogen-bond acceptors (Lipinski definition) is 4. The van der Waals surface area contributed by atoms with E-state index in [0.717, 1.165) is 49.8 Å². The molecule has 0 atom stereocenters. The van der Waals surface area contributed by atoms with Gasteiger partial charge in [0.15, 0.2) is 0 Å². The molecule has 1 aromatic carbocycles. The Hall–Kier alpha value is -2.37. The molecule has 2 aromatic heterocycles. The molecule has 0 radical (unpaired) electrons. The monoisotopic (exact) mass is 380 g/mol. The molecule has 0 N–H and O–H groups in total. The van der Waals surface area contributed by atoms with Crippen LogP contribution in [0.3, 0.4) is 0 Å². The van der Waals surface area contributed by atoms with Crippen LogP contribution in [0.1, 0.15) is 17.1 Å². The zero-order valence-electron chi connectivity index (χ0n) is 15.3. The van der Waals surface area contributed by atoms with E-state index in [1.165, 1.54) is 4.88 Å². The van der Waals surface area contributed by atoms with Gasteiger partial charge in [-0.2, -0.15) is 0 Å². The average molecular weight is 381 g/mol. The molecule has 1 fully saturated rings. The smallest absolute Gasteiger partial charge is 0.223 e. The van der Waals surface area contributed by atoms with Crippen molar-refractivity contribution >= 4 is 17.2 Å². The number of carbonyl (C=O) groups excluding carboxylic acids is 1. The van der Waals surface area contributed by atoms with Crippen LogP contribution in [0.4, 0.5) is 0 Å². The third-order valence-corrected chi connectivity index (χ3v) is 5.85. The van der Waals surface area contributed by atoms with Gasteiger partial charge in [-0.05, 0) is 23.6 Å². The molecule has 1 aliphatic heterocycles. The van der Waals surface area contributed by atoms with Gasteiger partial charge < -0.3 is 9.32 Å². The molecular formula is C22H24N2O2S. The average Bonchev–Trinajstić information content (AvgIpc) is 3.39. The molecule has 27 heavy (non-hydrogen) atoms. The molecule has 3 heterocycles. The van der Waals surface area contributed by atoms with Gasteiger partial charge in [0, 0.05) is 56.0 Å². The number of aryl methyl sites for hydroxylation is 1. The molecule has 1 aliphatic rings. The van der Waals surface area contributed by atoms with Gasteiger partial charge in [-0.3, -0.25) is 9.69 Å². The number of benzene rings is 1. The summed E-state index contributed by atoms with van der Waals surface area (Å²) in [6.45, 7) is 4.52. The zero-order chi connectivity index (χ0) is 18.5. The second-order valence-corrected chi connectivity index (χ2v) is 7.90. The summed E-state index contributed by atoms with van der Waals surface area (Å²) in [7, 11) is 0. The summed E-state index contributed by atoms with van der Waals surface area (Å²) in [6, 6.07) is 18.3. The minimum atomic E-state index is 0.225. The maximum Gasteiger partial charge on any atom is 0.223 e. The molecule has 1 saturated heterocycles. The van der Waals surface area contributed by atoms with Gasteiger partial charge in [-0.15, -0.1) is 11.3 Å². The molecule has 0 saturated carbocycles. The van der Waals surface area contributed by atoms with Crippen LogP contribution in [0.5, 0.6) is 0 Å². The molecule has 0 aliphatic carbocycles. The maximum atomic E-state index is 12.5. The number of carbonyl (C=O) groups is 1. The first-order valence-corrected chi connectivity index (χ1v) is 10.3. The standard InChI is InChI=1S/C22H24N2O2S/c25-22(24-14-12-23(13-15-24)17-20-7-4-16-27-20)11-9-19-8-10-21(26-19)18-5-2-1-3-6-18/h1-8,10,16H,9,11-15,17H2. The Morgan fingerprint density at radius 1 is 0.963 bits per heavy atom. The van der Waals surface area contributed by atoms with Crippen LogP contribution in [0, 0.1) is 0 Å². The minimum Gasteiger partial charge on any atom is -0.461 e. The highest BCUT2D eigenvalue weighted by atomic mass is 32.1. The van der Waals surface area contributed by atoms with Crippen molar-refractivity contribution in [3.63, 3.8) is 0 Å². The van der Waals surface area contributed by atoms with E-state index < -0.39 is 0 Å². The highest BCUT2D eigenvalue weighted by Crippen LogP contribution is 2.22. The first-order chi connectivity index (χ1) is 13.3. The molecule has 1 amide bonds. The van der Waals surface area contributed by atoms with Gasteiger partial charge in [0.25, 0.3) is 0 Å². The van der Waals surface area contributed by atoms with Crippen LogP contribution in [0.15, 0.2) is 64.4 Å². The van der Waals surface area contributed by atoms with Crippen LogP contribution in [-0.4, -0.2) is 41.9 Å². The number of thiophene rings is 1. The fraction of sp³-hybridized carbons (Fsp3) is 0.318. The zero-order valence-corrected chi connectivity index (χ0v) is 16.2. The highest BCUT2D eigenvalue weighted by Gasteiger charge is 2.21. The Labute approximate surface area is 164 Å². The van der Waals surface area contributed by atoms with Gasteiger partial charge in [0.05, 0.1) is 0 Å². The maximum absolute atomic E-state index is 12.5. The molecule has 0 unspecified atom stereocenters. The second kappa shape index (κ2) is 8.55. The van der Waals surface area contributed by atoms with Crippen molar-refractivity contribution in [3.05, 3.63) is 70.6 Å². The van der Waals surface area contributed by atoms with Crippen LogP contribution >= 0.6 is 11.3 Å². The fourth-order valence-corrected chi connectivity index (χ4v) is 4.18. The normalized spacial score (nSPS) is 15.2. The van der Waals surface area contributed by atoms with E-state index >= 15 is 0 Å². The van der Waals surface area contributed by atoms with E-state index in [4.69, 9.17) is 4.42 Å². The number of rotatable bonds is 6. The van der Waals surface area contributed by atoms with Crippen LogP contribution in [-0.2, 0) is 17.8 Å². The summed E-state index contributed by atoms with van der Waals surface area (Å²) < 4.78 is 5.91. The Morgan fingerprint density at radius 2 is 1.78 bits per heavy atom. The summed E-state index contributed by atoms with van der Waals surface area (Å²) in [6.07, 6.45) is 1.16. The van der Waals surface area contributed by atoms with Crippen molar-refractivity contribution < 1.29 is 9.21 Å². The van der Waals surface area contributed by atoms with E-state index in [1.54, 1.807) is 11.3 Å². The molecule has 4 nitrogen and oxygen atoms in total. The van der Waals surface area contributed by atoms with Gasteiger partial charge in [0.1, 0.15) is 11.5 Å². The predicted octanol–water partition coefficient (Wildman–Crippen LogP) is 4.29. The van der Waals surface area contributed by atoms with Gasteiger partial charge in [-0.1, -0.05) is 36.4 Å². The molecule has 140 valence electrons. The van der Waals surface area contributed by atoms with E-state index in [1.807, 2.05) is 47.4 Å². The van der Waals surface area contributed by atoms with Crippen molar-refractivity contribution in [3.8, 4) is 11.3 Å². The van der Waals surface area contributed by atoms with Gasteiger partial charge in [0.2, 0.25) is 5.91 Å².